The Hall–Kier alpha value is -1.59. The van der Waals surface area contributed by atoms with Crippen molar-refractivity contribution in [2.24, 2.45) is 0 Å². The molecule has 1 aliphatic rings. The maximum absolute atomic E-state index is 10.7. The molecule has 5 heteroatoms. The van der Waals surface area contributed by atoms with Gasteiger partial charge in [-0.2, -0.15) is 0 Å². The van der Waals surface area contributed by atoms with Crippen LogP contribution in [0, 0.1) is 0 Å². The molecule has 0 spiro atoms. The maximum Gasteiger partial charge on any atom is 0.409 e. The van der Waals surface area contributed by atoms with Crippen LogP contribution in [0.15, 0.2) is 18.2 Å². The third kappa shape index (κ3) is 2.94. The molecule has 1 amide bonds. The van der Waals surface area contributed by atoms with E-state index in [1.165, 1.54) is 11.1 Å². The number of benzene rings is 1. The smallest absolute Gasteiger partial charge is 0.409 e. The highest BCUT2D eigenvalue weighted by molar-refractivity contribution is 5.83. The molecule has 1 aromatic rings. The van der Waals surface area contributed by atoms with Crippen LogP contribution in [0.5, 0.6) is 0 Å². The van der Waals surface area contributed by atoms with Crippen LogP contribution >= 0.6 is 0 Å². The molecule has 0 radical (unpaired) electrons. The van der Waals surface area contributed by atoms with Gasteiger partial charge in [-0.05, 0) is 43.5 Å². The minimum Gasteiger partial charge on any atom is -0.465 e. The Labute approximate surface area is 119 Å². The van der Waals surface area contributed by atoms with Crippen molar-refractivity contribution < 1.29 is 14.6 Å². The highest BCUT2D eigenvalue weighted by atomic mass is 16.5. The summed E-state index contributed by atoms with van der Waals surface area (Å²) in [5, 5.41) is 11.2. The largest absolute Gasteiger partial charge is 0.465 e. The number of carbonyl (C=O) groups is 1. The van der Waals surface area contributed by atoms with Gasteiger partial charge >= 0.3 is 6.09 Å². The first-order valence-electron chi connectivity index (χ1n) is 6.82. The average Bonchev–Trinajstić information content (AvgIpc) is 2.36. The molecule has 0 bridgehead atoms. The number of anilines is 1. The van der Waals surface area contributed by atoms with Gasteiger partial charge in [0.1, 0.15) is 0 Å². The lowest BCUT2D eigenvalue weighted by Crippen LogP contribution is -2.48. The van der Waals surface area contributed by atoms with Gasteiger partial charge in [0.15, 0.2) is 0 Å². The fourth-order valence-corrected chi connectivity index (χ4v) is 2.90. The molecule has 1 aliphatic heterocycles. The Kier molecular flexibility index (Phi) is 4.30. The van der Waals surface area contributed by atoms with E-state index in [1.54, 1.807) is 7.11 Å². The molecule has 1 heterocycles. The fourth-order valence-electron chi connectivity index (χ4n) is 2.90. The minimum atomic E-state index is -1.03. The summed E-state index contributed by atoms with van der Waals surface area (Å²) in [5.74, 6) is 0. The number of carboxylic acid groups (broad SMARTS) is 1. The summed E-state index contributed by atoms with van der Waals surface area (Å²) in [6.45, 7) is 6.98. The number of amides is 1. The molecule has 0 aliphatic carbocycles. The molecule has 0 atom stereocenters. The Balaban J connectivity index is 2.25. The zero-order chi connectivity index (χ0) is 14.8. The molecule has 0 aromatic heterocycles. The number of fused-ring (bicyclic) bond motifs is 1. The van der Waals surface area contributed by atoms with Gasteiger partial charge in [-0.25, -0.2) is 4.79 Å². The summed E-state index contributed by atoms with van der Waals surface area (Å²) in [7, 11) is 1.72. The van der Waals surface area contributed by atoms with Crippen molar-refractivity contribution in [2.45, 2.75) is 25.8 Å². The molecule has 0 saturated heterocycles. The zero-order valence-electron chi connectivity index (χ0n) is 12.3. The monoisotopic (exact) mass is 278 g/mol. The summed E-state index contributed by atoms with van der Waals surface area (Å²) in [5.41, 5.74) is 3.05. The van der Waals surface area contributed by atoms with Crippen LogP contribution < -0.4 is 5.32 Å². The second kappa shape index (κ2) is 5.81. The van der Waals surface area contributed by atoms with Gasteiger partial charge < -0.3 is 9.84 Å². The first-order valence-corrected chi connectivity index (χ1v) is 6.82. The lowest BCUT2D eigenvalue weighted by atomic mass is 9.83. The normalized spacial score (nSPS) is 17.6. The second-order valence-electron chi connectivity index (χ2n) is 5.59. The van der Waals surface area contributed by atoms with E-state index in [0.717, 1.165) is 26.1 Å². The van der Waals surface area contributed by atoms with Crippen LogP contribution in [0.4, 0.5) is 10.5 Å². The van der Waals surface area contributed by atoms with Crippen molar-refractivity contribution in [2.75, 3.05) is 32.1 Å². The number of hydrogen-bond donors (Lipinski definition) is 2. The van der Waals surface area contributed by atoms with Crippen LogP contribution in [0.1, 0.15) is 25.0 Å². The average molecular weight is 278 g/mol. The van der Waals surface area contributed by atoms with E-state index < -0.39 is 6.09 Å². The van der Waals surface area contributed by atoms with Gasteiger partial charge in [0.25, 0.3) is 0 Å². The number of nitrogens with zero attached hydrogens (tertiary/aromatic N) is 1. The molecule has 2 N–H and O–H groups in total. The second-order valence-corrected chi connectivity index (χ2v) is 5.59. The minimum absolute atomic E-state index is 0.0616. The van der Waals surface area contributed by atoms with Crippen molar-refractivity contribution in [1.82, 2.24) is 4.90 Å². The van der Waals surface area contributed by atoms with Crippen LogP contribution in [-0.4, -0.2) is 42.9 Å². The van der Waals surface area contributed by atoms with Gasteiger partial charge in [-0.1, -0.05) is 6.07 Å². The number of rotatable bonds is 4. The van der Waals surface area contributed by atoms with E-state index in [4.69, 9.17) is 9.84 Å². The number of nitrogens with one attached hydrogen (secondary N) is 1. The predicted molar refractivity (Wildman–Crippen MR) is 78.3 cm³/mol. The summed E-state index contributed by atoms with van der Waals surface area (Å²) < 4.78 is 5.17. The molecule has 110 valence electrons. The predicted octanol–water partition coefficient (Wildman–Crippen LogP) is 2.52. The van der Waals surface area contributed by atoms with E-state index in [1.807, 2.05) is 18.2 Å². The molecule has 5 nitrogen and oxygen atoms in total. The first kappa shape index (κ1) is 14.8. The molecular formula is C15H22N2O3. The van der Waals surface area contributed by atoms with Crippen molar-refractivity contribution in [1.29, 1.82) is 0 Å². The van der Waals surface area contributed by atoms with Crippen molar-refractivity contribution >= 4 is 11.8 Å². The van der Waals surface area contributed by atoms with Gasteiger partial charge in [0.05, 0.1) is 6.61 Å². The van der Waals surface area contributed by atoms with Crippen LogP contribution in [0.3, 0.4) is 0 Å². The van der Waals surface area contributed by atoms with Crippen LogP contribution in [0.25, 0.3) is 0 Å². The molecule has 1 aromatic carbocycles. The van der Waals surface area contributed by atoms with E-state index in [2.05, 4.69) is 24.1 Å². The van der Waals surface area contributed by atoms with Crippen LogP contribution in [-0.2, 0) is 16.7 Å². The molecule has 2 rings (SSSR count). The highest BCUT2D eigenvalue weighted by Gasteiger charge is 2.34. The quantitative estimate of drug-likeness (QED) is 0.888. The zero-order valence-corrected chi connectivity index (χ0v) is 12.3. The van der Waals surface area contributed by atoms with Crippen LogP contribution in [0.2, 0.25) is 0 Å². The Morgan fingerprint density at radius 1 is 1.50 bits per heavy atom. The number of methoxy groups -OCH3 is 1. The summed E-state index contributed by atoms with van der Waals surface area (Å²) in [4.78, 5) is 13.1. The van der Waals surface area contributed by atoms with Crippen molar-refractivity contribution in [3.8, 4) is 0 Å². The molecule has 20 heavy (non-hydrogen) atoms. The molecule has 0 fully saturated rings. The highest BCUT2D eigenvalue weighted by Crippen LogP contribution is 2.35. The van der Waals surface area contributed by atoms with Gasteiger partial charge in [-0.15, -0.1) is 0 Å². The van der Waals surface area contributed by atoms with Crippen molar-refractivity contribution in [3.63, 3.8) is 0 Å². The standard InChI is InChI=1S/C15H22N2O3/c1-15(2)13-5-4-12(16-14(18)19)10-11(13)6-7-17(15)8-9-20-3/h4-5,10,16H,6-9H2,1-3H3,(H,18,19). The number of hydrogen-bond acceptors (Lipinski definition) is 3. The van der Waals surface area contributed by atoms with Gasteiger partial charge in [-0.3, -0.25) is 10.2 Å². The van der Waals surface area contributed by atoms with E-state index >= 15 is 0 Å². The molecule has 0 saturated carbocycles. The van der Waals surface area contributed by atoms with E-state index in [9.17, 15) is 4.79 Å². The summed E-state index contributed by atoms with van der Waals surface area (Å²) in [6.07, 6.45) is -0.0980. The van der Waals surface area contributed by atoms with E-state index in [0.29, 0.717) is 5.69 Å². The van der Waals surface area contributed by atoms with Gasteiger partial charge in [0.2, 0.25) is 0 Å². The third-order valence-electron chi connectivity index (χ3n) is 4.02. The first-order chi connectivity index (χ1) is 9.45. The SMILES string of the molecule is COCCN1CCc2cc(NC(=O)O)ccc2C1(C)C. The van der Waals surface area contributed by atoms with Gasteiger partial charge in [0, 0.05) is 31.4 Å². The number of ether oxygens (including phenoxy) is 1. The summed E-state index contributed by atoms with van der Waals surface area (Å²) >= 11 is 0. The lowest BCUT2D eigenvalue weighted by molar-refractivity contribution is 0.0677. The molecular weight excluding hydrogens is 256 g/mol. The summed E-state index contributed by atoms with van der Waals surface area (Å²) in [6, 6.07) is 5.80. The Morgan fingerprint density at radius 2 is 2.25 bits per heavy atom. The lowest BCUT2D eigenvalue weighted by Gasteiger charge is -2.44. The topological polar surface area (TPSA) is 61.8 Å². The fraction of sp³-hybridized carbons (Fsp3) is 0.533. The Bertz CT molecular complexity index is 500. The maximum atomic E-state index is 10.7. The van der Waals surface area contributed by atoms with Crippen molar-refractivity contribution in [3.05, 3.63) is 29.3 Å². The Morgan fingerprint density at radius 3 is 2.90 bits per heavy atom. The molecule has 0 unspecified atom stereocenters. The third-order valence-corrected chi connectivity index (χ3v) is 4.02. The van der Waals surface area contributed by atoms with E-state index in [-0.39, 0.29) is 5.54 Å².